The fourth-order valence-electron chi connectivity index (χ4n) is 5.48. The quantitative estimate of drug-likeness (QED) is 0.163. The number of para-hydroxylation sites is 1. The van der Waals surface area contributed by atoms with E-state index in [0.29, 0.717) is 27.0 Å². The number of aromatic nitrogens is 2. The van der Waals surface area contributed by atoms with Gasteiger partial charge in [0.1, 0.15) is 9.83 Å². The van der Waals surface area contributed by atoms with Crippen LogP contribution in [-0.4, -0.2) is 33.8 Å². The van der Waals surface area contributed by atoms with E-state index < -0.39 is 0 Å². The van der Waals surface area contributed by atoms with Crippen LogP contribution in [0.3, 0.4) is 0 Å². The van der Waals surface area contributed by atoms with Crippen molar-refractivity contribution < 1.29 is 14.3 Å². The maximum absolute atomic E-state index is 13.8. The number of nitrogens with zero attached hydrogens (tertiary/aromatic N) is 2. The maximum atomic E-state index is 13.8. The highest BCUT2D eigenvalue weighted by Gasteiger charge is 2.29. The van der Waals surface area contributed by atoms with E-state index in [2.05, 4.69) is 12.2 Å². The third-order valence-electron chi connectivity index (χ3n) is 7.30. The van der Waals surface area contributed by atoms with Gasteiger partial charge in [-0.1, -0.05) is 36.9 Å². The summed E-state index contributed by atoms with van der Waals surface area (Å²) in [5.74, 6) is -0.0420. The number of carbonyl (C=O) groups excluding carboxylic acids is 2. The number of aryl methyl sites for hydroxylation is 2. The summed E-state index contributed by atoms with van der Waals surface area (Å²) >= 11 is 4.30. The van der Waals surface area contributed by atoms with Crippen molar-refractivity contribution in [3.05, 3.63) is 67.1 Å². The van der Waals surface area contributed by atoms with E-state index in [1.54, 1.807) is 22.8 Å². The van der Waals surface area contributed by atoms with Gasteiger partial charge in [-0.15, -0.1) is 22.7 Å². The Morgan fingerprint density at radius 1 is 1.13 bits per heavy atom. The Kier molecular flexibility index (Phi) is 7.35. The third-order valence-corrected chi connectivity index (χ3v) is 10.6. The Bertz CT molecular complexity index is 1640. The molecule has 3 aromatic heterocycles. The lowest BCUT2D eigenvalue weighted by Gasteiger charge is -2.18. The molecule has 1 atom stereocenters. The van der Waals surface area contributed by atoms with Crippen LogP contribution in [0.2, 0.25) is 0 Å². The molecule has 1 N–H and O–H groups in total. The SMILES string of the molecule is CCOC(=O)c1c(NC(=O)CSc2nc3sc4c(c3c(=O)n2-c2ccccc2)CCC4)sc2c1CC[C@@H](C)C2. The molecule has 4 aromatic rings. The van der Waals surface area contributed by atoms with Gasteiger partial charge in [0, 0.05) is 9.75 Å². The Labute approximate surface area is 238 Å². The average molecular weight is 580 g/mol. The summed E-state index contributed by atoms with van der Waals surface area (Å²) in [4.78, 5) is 47.9. The van der Waals surface area contributed by atoms with Crippen LogP contribution in [0.1, 0.15) is 57.9 Å². The van der Waals surface area contributed by atoms with Crippen LogP contribution in [-0.2, 0) is 35.2 Å². The molecule has 0 radical (unpaired) electrons. The zero-order chi connectivity index (χ0) is 27.1. The summed E-state index contributed by atoms with van der Waals surface area (Å²) in [6.07, 6.45) is 5.67. The fourth-order valence-corrected chi connectivity index (χ4v) is 9.01. The minimum absolute atomic E-state index is 0.0527. The van der Waals surface area contributed by atoms with Crippen molar-refractivity contribution in [3.8, 4) is 5.69 Å². The van der Waals surface area contributed by atoms with Crippen molar-refractivity contribution in [2.45, 2.75) is 57.5 Å². The van der Waals surface area contributed by atoms with Gasteiger partial charge in [0.15, 0.2) is 5.16 Å². The number of amides is 1. The largest absolute Gasteiger partial charge is 0.462 e. The molecule has 3 heterocycles. The van der Waals surface area contributed by atoms with E-state index in [9.17, 15) is 14.4 Å². The lowest BCUT2D eigenvalue weighted by molar-refractivity contribution is -0.113. The monoisotopic (exact) mass is 579 g/mol. The first kappa shape index (κ1) is 26.3. The lowest BCUT2D eigenvalue weighted by Crippen LogP contribution is -2.23. The first-order chi connectivity index (χ1) is 18.9. The highest BCUT2D eigenvalue weighted by atomic mass is 32.2. The number of anilines is 1. The molecule has 1 aromatic carbocycles. The molecular formula is C29H29N3O4S3. The second-order valence-corrected chi connectivity index (χ2v) is 13.2. The number of fused-ring (bicyclic) bond motifs is 4. The van der Waals surface area contributed by atoms with Gasteiger partial charge >= 0.3 is 5.97 Å². The van der Waals surface area contributed by atoms with Gasteiger partial charge in [-0.2, -0.15) is 0 Å². The van der Waals surface area contributed by atoms with Gasteiger partial charge in [0.05, 0.1) is 29.0 Å². The van der Waals surface area contributed by atoms with Crippen LogP contribution < -0.4 is 10.9 Å². The molecule has 0 unspecified atom stereocenters. The van der Waals surface area contributed by atoms with Crippen molar-refractivity contribution in [3.63, 3.8) is 0 Å². The average Bonchev–Trinajstić information content (AvgIpc) is 3.60. The van der Waals surface area contributed by atoms with Crippen molar-refractivity contribution in [1.82, 2.24) is 9.55 Å². The van der Waals surface area contributed by atoms with Gasteiger partial charge in [0.2, 0.25) is 5.91 Å². The van der Waals surface area contributed by atoms with Crippen LogP contribution in [0.25, 0.3) is 15.9 Å². The minimum atomic E-state index is -0.386. The highest BCUT2D eigenvalue weighted by molar-refractivity contribution is 7.99. The molecule has 2 aliphatic rings. The van der Waals surface area contributed by atoms with E-state index >= 15 is 0 Å². The lowest BCUT2D eigenvalue weighted by atomic mass is 9.88. The first-order valence-electron chi connectivity index (χ1n) is 13.3. The molecule has 0 bridgehead atoms. The van der Waals surface area contributed by atoms with E-state index in [0.717, 1.165) is 65.0 Å². The normalized spacial score (nSPS) is 16.2. The molecule has 39 heavy (non-hydrogen) atoms. The summed E-state index contributed by atoms with van der Waals surface area (Å²) in [5.41, 5.74) is 3.28. The van der Waals surface area contributed by atoms with Crippen LogP contribution >= 0.6 is 34.4 Å². The van der Waals surface area contributed by atoms with Crippen LogP contribution in [0.15, 0.2) is 40.3 Å². The van der Waals surface area contributed by atoms with Crippen molar-refractivity contribution in [2.75, 3.05) is 17.7 Å². The summed E-state index contributed by atoms with van der Waals surface area (Å²) in [6, 6.07) is 9.46. The molecular weight excluding hydrogens is 551 g/mol. The number of thioether (sulfide) groups is 1. The van der Waals surface area contributed by atoms with E-state index in [4.69, 9.17) is 9.72 Å². The fraction of sp³-hybridized carbons (Fsp3) is 0.379. The predicted molar refractivity (Wildman–Crippen MR) is 158 cm³/mol. The molecule has 0 spiro atoms. The van der Waals surface area contributed by atoms with E-state index in [1.165, 1.54) is 28.0 Å². The molecule has 0 aliphatic heterocycles. The molecule has 1 amide bonds. The number of carbonyl (C=O) groups is 2. The summed E-state index contributed by atoms with van der Waals surface area (Å²) < 4.78 is 6.97. The topological polar surface area (TPSA) is 90.3 Å². The van der Waals surface area contributed by atoms with Gasteiger partial charge < -0.3 is 10.1 Å². The molecule has 0 saturated carbocycles. The minimum Gasteiger partial charge on any atom is -0.462 e. The van der Waals surface area contributed by atoms with Gasteiger partial charge in [0.25, 0.3) is 5.56 Å². The Morgan fingerprint density at radius 2 is 1.95 bits per heavy atom. The number of benzene rings is 1. The summed E-state index contributed by atoms with van der Waals surface area (Å²) in [7, 11) is 0. The van der Waals surface area contributed by atoms with Crippen LogP contribution in [0, 0.1) is 5.92 Å². The number of rotatable bonds is 7. The third kappa shape index (κ3) is 4.94. The standard InChI is InChI=1S/C29H29N3O4S3/c1-3-36-28(35)24-19-13-12-16(2)14-21(19)39-26(24)30-22(33)15-37-29-31-25-23(18-10-7-11-20(18)38-25)27(34)32(29)17-8-5-4-6-9-17/h4-6,8-9,16H,3,7,10-15H2,1-2H3,(H,30,33)/t16-/m1/s1. The van der Waals surface area contributed by atoms with Crippen LogP contribution in [0.4, 0.5) is 5.00 Å². The Morgan fingerprint density at radius 3 is 2.74 bits per heavy atom. The van der Waals surface area contributed by atoms with Gasteiger partial charge in [-0.05, 0) is 74.6 Å². The Hall–Kier alpha value is -2.95. The maximum Gasteiger partial charge on any atom is 0.341 e. The van der Waals surface area contributed by atoms with Gasteiger partial charge in [-0.3, -0.25) is 14.2 Å². The highest BCUT2D eigenvalue weighted by Crippen LogP contribution is 2.40. The number of thiophene rings is 2. The summed E-state index contributed by atoms with van der Waals surface area (Å²) in [5, 5.41) is 4.73. The van der Waals surface area contributed by atoms with Crippen molar-refractivity contribution in [2.24, 2.45) is 5.92 Å². The predicted octanol–water partition coefficient (Wildman–Crippen LogP) is 6.03. The first-order valence-corrected chi connectivity index (χ1v) is 15.9. The van der Waals surface area contributed by atoms with Crippen LogP contribution in [0.5, 0.6) is 0 Å². The molecule has 6 rings (SSSR count). The van der Waals surface area contributed by atoms with Gasteiger partial charge in [-0.25, -0.2) is 9.78 Å². The molecule has 0 saturated heterocycles. The molecule has 0 fully saturated rings. The van der Waals surface area contributed by atoms with Crippen molar-refractivity contribution in [1.29, 1.82) is 0 Å². The summed E-state index contributed by atoms with van der Waals surface area (Å²) in [6.45, 7) is 4.27. The van der Waals surface area contributed by atoms with E-state index in [1.807, 2.05) is 30.3 Å². The van der Waals surface area contributed by atoms with E-state index in [-0.39, 0.29) is 29.8 Å². The molecule has 7 nitrogen and oxygen atoms in total. The zero-order valence-electron chi connectivity index (χ0n) is 21.9. The molecule has 2 aliphatic carbocycles. The zero-order valence-corrected chi connectivity index (χ0v) is 24.3. The number of ether oxygens (including phenoxy) is 1. The second kappa shape index (κ2) is 10.9. The molecule has 202 valence electrons. The smallest absolute Gasteiger partial charge is 0.341 e. The Balaban J connectivity index is 1.30. The number of esters is 1. The molecule has 10 heteroatoms. The number of hydrogen-bond acceptors (Lipinski definition) is 8. The number of nitrogens with one attached hydrogen (secondary N) is 1. The van der Waals surface area contributed by atoms with Crippen molar-refractivity contribution >= 4 is 61.5 Å². The second-order valence-electron chi connectivity index (χ2n) is 10.0. The number of hydrogen-bond donors (Lipinski definition) is 1.